The fourth-order valence-corrected chi connectivity index (χ4v) is 2.91. The lowest BCUT2D eigenvalue weighted by atomic mass is 10.0. The number of esters is 2. The average Bonchev–Trinajstić information content (AvgIpc) is 2.61. The number of carbonyl (C=O) groups is 2. The summed E-state index contributed by atoms with van der Waals surface area (Å²) >= 11 is 0. The number of ether oxygens (including phenoxy) is 3. The lowest BCUT2D eigenvalue weighted by molar-refractivity contribution is -0.149. The molecular formula is C21H26O7. The second kappa shape index (κ2) is 9.39. The first-order chi connectivity index (χ1) is 13.2. The van der Waals surface area contributed by atoms with Gasteiger partial charge >= 0.3 is 17.6 Å². The van der Waals surface area contributed by atoms with Gasteiger partial charge < -0.3 is 18.6 Å². The zero-order valence-corrected chi connectivity index (χ0v) is 16.9. The van der Waals surface area contributed by atoms with Crippen LogP contribution in [0, 0.1) is 13.8 Å². The van der Waals surface area contributed by atoms with E-state index in [1.165, 1.54) is 0 Å². The minimum absolute atomic E-state index is 0.114. The summed E-state index contributed by atoms with van der Waals surface area (Å²) in [7, 11) is 0. The van der Waals surface area contributed by atoms with E-state index in [9.17, 15) is 14.4 Å². The highest BCUT2D eigenvalue weighted by Gasteiger charge is 2.17. The summed E-state index contributed by atoms with van der Waals surface area (Å²) in [6, 6.07) is 3.50. The van der Waals surface area contributed by atoms with Crippen molar-refractivity contribution in [2.24, 2.45) is 0 Å². The maximum atomic E-state index is 12.4. The molecule has 0 unspecified atom stereocenters. The minimum Gasteiger partial charge on any atom is -0.481 e. The molecule has 0 atom stereocenters. The molecule has 0 spiro atoms. The van der Waals surface area contributed by atoms with Crippen LogP contribution in [0.1, 0.15) is 43.9 Å². The van der Waals surface area contributed by atoms with E-state index < -0.39 is 11.6 Å². The predicted molar refractivity (Wildman–Crippen MR) is 104 cm³/mol. The van der Waals surface area contributed by atoms with Gasteiger partial charge in [-0.2, -0.15) is 0 Å². The third kappa shape index (κ3) is 5.12. The summed E-state index contributed by atoms with van der Waals surface area (Å²) in [5.41, 5.74) is 1.73. The summed E-state index contributed by atoms with van der Waals surface area (Å²) in [4.78, 5) is 35.7. The SMILES string of the molecule is CCOC(=O)CCc1c(C)c2ccc(OCC(=O)OC(C)C)c(C)c2oc1=O. The number of fused-ring (bicyclic) bond motifs is 1. The highest BCUT2D eigenvalue weighted by atomic mass is 16.6. The van der Waals surface area contributed by atoms with Crippen molar-refractivity contribution in [1.82, 2.24) is 0 Å². The van der Waals surface area contributed by atoms with Gasteiger partial charge in [-0.1, -0.05) is 0 Å². The first-order valence-corrected chi connectivity index (χ1v) is 9.28. The summed E-state index contributed by atoms with van der Waals surface area (Å²) in [6.45, 7) is 8.90. The van der Waals surface area contributed by atoms with Crippen molar-refractivity contribution in [2.75, 3.05) is 13.2 Å². The summed E-state index contributed by atoms with van der Waals surface area (Å²) in [5.74, 6) is -0.383. The Kier molecular flexibility index (Phi) is 7.20. The molecule has 0 saturated carbocycles. The van der Waals surface area contributed by atoms with Crippen LogP contribution in [0.25, 0.3) is 11.0 Å². The molecule has 2 rings (SSSR count). The first kappa shape index (κ1) is 21.5. The summed E-state index contributed by atoms with van der Waals surface area (Å²) in [6.07, 6.45) is 0.146. The average molecular weight is 390 g/mol. The van der Waals surface area contributed by atoms with Crippen LogP contribution in [0.15, 0.2) is 21.3 Å². The van der Waals surface area contributed by atoms with E-state index in [1.807, 2.05) is 6.92 Å². The van der Waals surface area contributed by atoms with Crippen LogP contribution >= 0.6 is 0 Å². The van der Waals surface area contributed by atoms with Crippen LogP contribution < -0.4 is 10.4 Å². The second-order valence-corrected chi connectivity index (χ2v) is 6.69. The molecule has 0 aliphatic carbocycles. The fourth-order valence-electron chi connectivity index (χ4n) is 2.91. The number of carbonyl (C=O) groups excluding carboxylic acids is 2. The van der Waals surface area contributed by atoms with Crippen molar-refractivity contribution >= 4 is 22.9 Å². The standard InChI is InChI=1S/C21H26O7/c1-6-25-18(22)10-8-16-13(4)15-7-9-17(14(5)20(15)28-21(16)24)26-11-19(23)27-12(2)3/h7,9,12H,6,8,10-11H2,1-5H3. The third-order valence-corrected chi connectivity index (χ3v) is 4.25. The van der Waals surface area contributed by atoms with E-state index >= 15 is 0 Å². The van der Waals surface area contributed by atoms with Crippen LogP contribution in [-0.2, 0) is 25.5 Å². The molecule has 28 heavy (non-hydrogen) atoms. The van der Waals surface area contributed by atoms with Gasteiger partial charge in [-0.05, 0) is 58.7 Å². The van der Waals surface area contributed by atoms with Gasteiger partial charge in [0.05, 0.1) is 12.7 Å². The van der Waals surface area contributed by atoms with Crippen LogP contribution in [0.5, 0.6) is 5.75 Å². The molecule has 1 heterocycles. The lowest BCUT2D eigenvalue weighted by Gasteiger charge is -2.13. The Balaban J connectivity index is 2.28. The molecule has 0 aliphatic rings. The van der Waals surface area contributed by atoms with Crippen molar-refractivity contribution < 1.29 is 28.2 Å². The Morgan fingerprint density at radius 2 is 1.82 bits per heavy atom. The molecule has 7 heteroatoms. The Hall–Kier alpha value is -2.83. The molecule has 1 aromatic heterocycles. The van der Waals surface area contributed by atoms with Crippen molar-refractivity contribution in [3.05, 3.63) is 39.2 Å². The highest BCUT2D eigenvalue weighted by Crippen LogP contribution is 2.29. The number of hydrogen-bond acceptors (Lipinski definition) is 7. The molecule has 0 radical (unpaired) electrons. The lowest BCUT2D eigenvalue weighted by Crippen LogP contribution is -2.19. The van der Waals surface area contributed by atoms with E-state index in [-0.39, 0.29) is 31.5 Å². The Bertz CT molecular complexity index is 924. The topological polar surface area (TPSA) is 92.0 Å². The number of hydrogen-bond donors (Lipinski definition) is 0. The van der Waals surface area contributed by atoms with Crippen LogP contribution in [0.2, 0.25) is 0 Å². The molecule has 0 fully saturated rings. The summed E-state index contributed by atoms with van der Waals surface area (Å²) in [5, 5.41) is 0.757. The van der Waals surface area contributed by atoms with E-state index in [4.69, 9.17) is 18.6 Å². The largest absolute Gasteiger partial charge is 0.481 e. The van der Waals surface area contributed by atoms with E-state index in [0.717, 1.165) is 10.9 Å². The zero-order valence-electron chi connectivity index (χ0n) is 16.9. The molecule has 1 aromatic carbocycles. The van der Waals surface area contributed by atoms with Crippen molar-refractivity contribution in [3.8, 4) is 5.75 Å². The molecule has 152 valence electrons. The molecule has 0 N–H and O–H groups in total. The van der Waals surface area contributed by atoms with Gasteiger partial charge in [0.25, 0.3) is 0 Å². The van der Waals surface area contributed by atoms with Gasteiger partial charge in [-0.25, -0.2) is 9.59 Å². The number of benzene rings is 1. The normalized spacial score (nSPS) is 10.9. The van der Waals surface area contributed by atoms with Crippen LogP contribution in [0.4, 0.5) is 0 Å². The quantitative estimate of drug-likeness (QED) is 0.505. The van der Waals surface area contributed by atoms with E-state index in [1.54, 1.807) is 39.8 Å². The molecule has 0 amide bonds. The maximum Gasteiger partial charge on any atom is 0.344 e. The number of rotatable bonds is 8. The van der Waals surface area contributed by atoms with E-state index in [2.05, 4.69) is 0 Å². The molecule has 7 nitrogen and oxygen atoms in total. The zero-order chi connectivity index (χ0) is 20.8. The van der Waals surface area contributed by atoms with Crippen molar-refractivity contribution in [3.63, 3.8) is 0 Å². The molecule has 0 bridgehead atoms. The summed E-state index contributed by atoms with van der Waals surface area (Å²) < 4.78 is 21.0. The van der Waals surface area contributed by atoms with Crippen molar-refractivity contribution in [2.45, 2.75) is 53.6 Å². The molecule has 2 aromatic rings. The van der Waals surface area contributed by atoms with Gasteiger partial charge in [0.2, 0.25) is 0 Å². The van der Waals surface area contributed by atoms with Gasteiger partial charge in [0, 0.05) is 22.9 Å². The fraction of sp³-hybridized carbons (Fsp3) is 0.476. The van der Waals surface area contributed by atoms with Gasteiger partial charge in [-0.15, -0.1) is 0 Å². The van der Waals surface area contributed by atoms with Crippen molar-refractivity contribution in [1.29, 1.82) is 0 Å². The highest BCUT2D eigenvalue weighted by molar-refractivity contribution is 5.86. The third-order valence-electron chi connectivity index (χ3n) is 4.25. The Morgan fingerprint density at radius 1 is 1.11 bits per heavy atom. The smallest absolute Gasteiger partial charge is 0.344 e. The number of aryl methyl sites for hydroxylation is 2. The Morgan fingerprint density at radius 3 is 2.46 bits per heavy atom. The molecule has 0 saturated heterocycles. The first-order valence-electron chi connectivity index (χ1n) is 9.28. The van der Waals surface area contributed by atoms with Gasteiger partial charge in [0.1, 0.15) is 11.3 Å². The maximum absolute atomic E-state index is 12.4. The second-order valence-electron chi connectivity index (χ2n) is 6.69. The monoisotopic (exact) mass is 390 g/mol. The van der Waals surface area contributed by atoms with Gasteiger partial charge in [0.15, 0.2) is 6.61 Å². The van der Waals surface area contributed by atoms with Gasteiger partial charge in [-0.3, -0.25) is 4.79 Å². The van der Waals surface area contributed by atoms with E-state index in [0.29, 0.717) is 29.1 Å². The molecule has 0 aliphatic heterocycles. The molecular weight excluding hydrogens is 364 g/mol. The minimum atomic E-state index is -0.492. The Labute approximate surface area is 163 Å². The predicted octanol–water partition coefficient (Wildman–Crippen LogP) is 3.24. The van der Waals surface area contributed by atoms with Crippen LogP contribution in [-0.4, -0.2) is 31.3 Å². The van der Waals surface area contributed by atoms with Crippen LogP contribution in [0.3, 0.4) is 0 Å².